The van der Waals surface area contributed by atoms with E-state index in [-0.39, 0.29) is 18.4 Å². The first-order chi connectivity index (χ1) is 20.1. The van der Waals surface area contributed by atoms with E-state index in [0.29, 0.717) is 24.5 Å². The molecule has 1 aromatic heterocycles. The molecule has 0 unspecified atom stereocenters. The molecule has 2 amide bonds. The van der Waals surface area contributed by atoms with E-state index in [4.69, 9.17) is 14.5 Å². The minimum absolute atomic E-state index is 0.0168. The van der Waals surface area contributed by atoms with Gasteiger partial charge in [0.2, 0.25) is 11.8 Å². The van der Waals surface area contributed by atoms with Crippen molar-refractivity contribution in [2.45, 2.75) is 51.5 Å². The standard InChI is InChI=1S/C33H38N4O4/c1-40-29-18-17-24(21-30(29)41-2)22-32(38)34-19-9-3-4-16-31-35-26-13-6-8-15-28(26)37(31)23-33(39)36-20-10-12-25-11-5-7-14-27(25)36/h5-8,11,13-15,17-18,21H,3-4,9-10,12,16,19-20,22-23H2,1-2H3,(H,34,38). The van der Waals surface area contributed by atoms with Gasteiger partial charge in [0.25, 0.3) is 0 Å². The SMILES string of the molecule is COc1ccc(CC(=O)NCCCCCc2nc3ccccc3n2CC(=O)N2CCCc3ccccc32)cc1OC. The van der Waals surface area contributed by atoms with Crippen molar-refractivity contribution in [3.05, 3.63) is 83.7 Å². The molecule has 0 atom stereocenters. The monoisotopic (exact) mass is 554 g/mol. The number of aryl methyl sites for hydroxylation is 2. The average Bonchev–Trinajstić information content (AvgIpc) is 3.35. The molecule has 0 saturated carbocycles. The maximum Gasteiger partial charge on any atom is 0.246 e. The summed E-state index contributed by atoms with van der Waals surface area (Å²) in [6.07, 6.45) is 5.81. The highest BCUT2D eigenvalue weighted by Crippen LogP contribution is 2.29. The minimum atomic E-state index is -0.0168. The third-order valence-electron chi connectivity index (χ3n) is 7.65. The van der Waals surface area contributed by atoms with Crippen molar-refractivity contribution in [3.63, 3.8) is 0 Å². The van der Waals surface area contributed by atoms with Crippen LogP contribution in [0.5, 0.6) is 11.5 Å². The highest BCUT2D eigenvalue weighted by Gasteiger charge is 2.24. The van der Waals surface area contributed by atoms with Gasteiger partial charge in [-0.3, -0.25) is 9.59 Å². The van der Waals surface area contributed by atoms with Gasteiger partial charge in [-0.2, -0.15) is 0 Å². The van der Waals surface area contributed by atoms with E-state index in [1.807, 2.05) is 65.6 Å². The van der Waals surface area contributed by atoms with E-state index >= 15 is 0 Å². The number of ether oxygens (including phenoxy) is 2. The topological polar surface area (TPSA) is 85.7 Å². The molecule has 214 valence electrons. The number of unbranched alkanes of at least 4 members (excludes halogenated alkanes) is 2. The molecule has 8 heteroatoms. The average molecular weight is 555 g/mol. The van der Waals surface area contributed by atoms with Crippen LogP contribution in [0.1, 0.15) is 42.6 Å². The number of methoxy groups -OCH3 is 2. The van der Waals surface area contributed by atoms with Crippen LogP contribution in [0.4, 0.5) is 5.69 Å². The number of nitrogens with one attached hydrogen (secondary N) is 1. The summed E-state index contributed by atoms with van der Waals surface area (Å²) in [6.45, 7) is 1.64. The van der Waals surface area contributed by atoms with Crippen molar-refractivity contribution >= 4 is 28.5 Å². The Kier molecular flexibility index (Phi) is 9.19. The molecule has 1 aliphatic heterocycles. The Morgan fingerprint density at radius 2 is 1.73 bits per heavy atom. The molecule has 2 heterocycles. The minimum Gasteiger partial charge on any atom is -0.493 e. The molecule has 1 aliphatic rings. The van der Waals surface area contributed by atoms with Gasteiger partial charge in [0.05, 0.1) is 31.7 Å². The van der Waals surface area contributed by atoms with Gasteiger partial charge in [0, 0.05) is 25.2 Å². The Labute approximate surface area is 241 Å². The molecule has 0 fully saturated rings. The van der Waals surface area contributed by atoms with E-state index in [9.17, 15) is 9.59 Å². The van der Waals surface area contributed by atoms with Gasteiger partial charge in [0.15, 0.2) is 11.5 Å². The third-order valence-corrected chi connectivity index (χ3v) is 7.65. The van der Waals surface area contributed by atoms with Gasteiger partial charge in [-0.05, 0) is 67.1 Å². The number of imidazole rings is 1. The second kappa shape index (κ2) is 13.4. The predicted octanol–water partition coefficient (Wildman–Crippen LogP) is 5.10. The van der Waals surface area contributed by atoms with Gasteiger partial charge >= 0.3 is 0 Å². The molecule has 0 saturated heterocycles. The zero-order chi connectivity index (χ0) is 28.6. The lowest BCUT2D eigenvalue weighted by Crippen LogP contribution is -2.38. The van der Waals surface area contributed by atoms with Crippen molar-refractivity contribution in [3.8, 4) is 11.5 Å². The highest BCUT2D eigenvalue weighted by atomic mass is 16.5. The molecule has 1 N–H and O–H groups in total. The van der Waals surface area contributed by atoms with E-state index in [1.165, 1.54) is 5.56 Å². The second-order valence-electron chi connectivity index (χ2n) is 10.4. The fraction of sp³-hybridized carbons (Fsp3) is 0.364. The number of para-hydroxylation sites is 3. The van der Waals surface area contributed by atoms with Crippen molar-refractivity contribution in [1.29, 1.82) is 0 Å². The summed E-state index contributed by atoms with van der Waals surface area (Å²) in [7, 11) is 3.18. The Bertz CT molecular complexity index is 1510. The van der Waals surface area contributed by atoms with Gasteiger partial charge in [-0.1, -0.05) is 42.8 Å². The number of nitrogens with zero attached hydrogens (tertiary/aromatic N) is 3. The fourth-order valence-corrected chi connectivity index (χ4v) is 5.56. The molecule has 8 nitrogen and oxygen atoms in total. The molecular weight excluding hydrogens is 516 g/mol. The van der Waals surface area contributed by atoms with E-state index in [1.54, 1.807) is 14.2 Å². The van der Waals surface area contributed by atoms with Gasteiger partial charge in [-0.15, -0.1) is 0 Å². The fourth-order valence-electron chi connectivity index (χ4n) is 5.56. The molecule has 41 heavy (non-hydrogen) atoms. The Morgan fingerprint density at radius 3 is 2.59 bits per heavy atom. The number of aromatic nitrogens is 2. The lowest BCUT2D eigenvalue weighted by Gasteiger charge is -2.29. The lowest BCUT2D eigenvalue weighted by atomic mass is 10.0. The maximum atomic E-state index is 13.5. The van der Waals surface area contributed by atoms with Crippen LogP contribution in [0.25, 0.3) is 11.0 Å². The summed E-state index contributed by atoms with van der Waals surface area (Å²) in [5.74, 6) is 2.27. The van der Waals surface area contributed by atoms with E-state index in [0.717, 1.165) is 73.2 Å². The summed E-state index contributed by atoms with van der Waals surface area (Å²) in [5, 5.41) is 3.02. The van der Waals surface area contributed by atoms with Crippen molar-refractivity contribution in [1.82, 2.24) is 14.9 Å². The zero-order valence-electron chi connectivity index (χ0n) is 23.9. The highest BCUT2D eigenvalue weighted by molar-refractivity contribution is 5.95. The smallest absolute Gasteiger partial charge is 0.246 e. The first-order valence-corrected chi connectivity index (χ1v) is 14.4. The summed E-state index contributed by atoms with van der Waals surface area (Å²) >= 11 is 0. The molecule has 0 bridgehead atoms. The molecule has 0 spiro atoms. The normalized spacial score (nSPS) is 12.7. The first-order valence-electron chi connectivity index (χ1n) is 14.4. The first kappa shape index (κ1) is 28.2. The van der Waals surface area contributed by atoms with Crippen LogP contribution in [0.3, 0.4) is 0 Å². The Morgan fingerprint density at radius 1 is 0.927 bits per heavy atom. The number of amides is 2. The van der Waals surface area contributed by atoms with Crippen LogP contribution in [-0.2, 0) is 35.4 Å². The Balaban J connectivity index is 1.13. The quantitative estimate of drug-likeness (QED) is 0.246. The zero-order valence-corrected chi connectivity index (χ0v) is 23.9. The number of carbonyl (C=O) groups is 2. The van der Waals surface area contributed by atoms with Gasteiger partial charge in [-0.25, -0.2) is 4.98 Å². The van der Waals surface area contributed by atoms with Gasteiger partial charge in [0.1, 0.15) is 12.4 Å². The lowest BCUT2D eigenvalue weighted by molar-refractivity contribution is -0.120. The summed E-state index contributed by atoms with van der Waals surface area (Å²) in [5.41, 5.74) is 5.04. The number of fused-ring (bicyclic) bond motifs is 2. The predicted molar refractivity (Wildman–Crippen MR) is 161 cm³/mol. The third kappa shape index (κ3) is 6.70. The number of benzene rings is 3. The maximum absolute atomic E-state index is 13.5. The van der Waals surface area contributed by atoms with Crippen LogP contribution in [0.2, 0.25) is 0 Å². The van der Waals surface area contributed by atoms with E-state index < -0.39 is 0 Å². The molecular formula is C33H38N4O4. The van der Waals surface area contributed by atoms with Crippen LogP contribution in [-0.4, -0.2) is 48.7 Å². The number of anilines is 1. The van der Waals surface area contributed by atoms with Gasteiger partial charge < -0.3 is 24.3 Å². The number of rotatable bonds is 12. The van der Waals surface area contributed by atoms with Crippen molar-refractivity contribution < 1.29 is 19.1 Å². The molecule has 4 aromatic rings. The van der Waals surface area contributed by atoms with Crippen LogP contribution in [0.15, 0.2) is 66.7 Å². The number of carbonyl (C=O) groups excluding carboxylic acids is 2. The molecule has 5 rings (SSSR count). The van der Waals surface area contributed by atoms with Crippen LogP contribution < -0.4 is 19.7 Å². The second-order valence-corrected chi connectivity index (χ2v) is 10.4. The summed E-state index contributed by atoms with van der Waals surface area (Å²) in [4.78, 5) is 32.8. The van der Waals surface area contributed by atoms with Crippen molar-refractivity contribution in [2.75, 3.05) is 32.2 Å². The van der Waals surface area contributed by atoms with E-state index in [2.05, 4.69) is 16.0 Å². The number of hydrogen-bond acceptors (Lipinski definition) is 5. The number of hydrogen-bond donors (Lipinski definition) is 1. The molecule has 0 aliphatic carbocycles. The molecule has 3 aromatic carbocycles. The largest absolute Gasteiger partial charge is 0.493 e. The summed E-state index contributed by atoms with van der Waals surface area (Å²) in [6, 6.07) is 21.7. The summed E-state index contributed by atoms with van der Waals surface area (Å²) < 4.78 is 12.7. The Hall–Kier alpha value is -4.33. The van der Waals surface area contributed by atoms with Crippen LogP contribution >= 0.6 is 0 Å². The molecule has 0 radical (unpaired) electrons. The van der Waals surface area contributed by atoms with Crippen LogP contribution in [0, 0.1) is 0 Å². The van der Waals surface area contributed by atoms with Crippen molar-refractivity contribution in [2.24, 2.45) is 0 Å².